The van der Waals surface area contributed by atoms with Crippen molar-refractivity contribution in [2.75, 3.05) is 44.4 Å². The Kier molecular flexibility index (Phi) is 7.20. The van der Waals surface area contributed by atoms with Crippen LogP contribution in [-0.2, 0) is 11.3 Å². The van der Waals surface area contributed by atoms with E-state index in [2.05, 4.69) is 25.4 Å². The van der Waals surface area contributed by atoms with Crippen LogP contribution in [0.15, 0.2) is 18.2 Å². The fraction of sp³-hybridized carbons (Fsp3) is 0.520. The third-order valence-electron chi connectivity index (χ3n) is 7.21. The number of anilines is 2. The molecule has 15 heteroatoms. The number of rotatable bonds is 5. The molecule has 0 atom stereocenters. The maximum absolute atomic E-state index is 13.1. The number of likely N-dealkylation sites (tertiary alicyclic amines) is 1. The first kappa shape index (κ1) is 27.8. The van der Waals surface area contributed by atoms with Crippen LogP contribution in [0.25, 0.3) is 27.9 Å². The second-order valence-electron chi connectivity index (χ2n) is 10.3. The summed E-state index contributed by atoms with van der Waals surface area (Å²) >= 11 is 0. The number of fused-ring (bicyclic) bond motifs is 2. The average molecular weight is 566 g/mol. The molecule has 0 aliphatic carbocycles. The van der Waals surface area contributed by atoms with E-state index in [9.17, 15) is 22.7 Å². The van der Waals surface area contributed by atoms with Gasteiger partial charge in [0.15, 0.2) is 11.5 Å². The standard InChI is InChI=1S/C16H16F2N8O.C9H15F2NO/c1-7-21-10-4-3-9(22-15(10)25(7)6-11(17)18)8-5-12(27)26-13(8)14(20-2)23-16(19)24-26;1-8(6-13-7-8)12-4-2-3-9(10,11)5-12/h3-5,11,27H,6H2,1-2H3,(H3,19,20,23,24);2-7H2,1H3. The molecule has 0 amide bonds. The van der Waals surface area contributed by atoms with Gasteiger partial charge in [-0.15, -0.1) is 5.10 Å². The summed E-state index contributed by atoms with van der Waals surface area (Å²) in [6, 6.07) is 4.87. The molecule has 6 rings (SSSR count). The zero-order valence-corrected chi connectivity index (χ0v) is 22.3. The Bertz CT molecular complexity index is 1530. The highest BCUT2D eigenvalue weighted by molar-refractivity contribution is 5.90. The lowest BCUT2D eigenvalue weighted by molar-refractivity contribution is -0.171. The van der Waals surface area contributed by atoms with Gasteiger partial charge < -0.3 is 25.5 Å². The van der Waals surface area contributed by atoms with Gasteiger partial charge >= 0.3 is 0 Å². The molecule has 40 heavy (non-hydrogen) atoms. The van der Waals surface area contributed by atoms with E-state index in [1.165, 1.54) is 15.1 Å². The summed E-state index contributed by atoms with van der Waals surface area (Å²) in [5, 5.41) is 17.1. The number of ether oxygens (including phenoxy) is 1. The highest BCUT2D eigenvalue weighted by Crippen LogP contribution is 2.35. The highest BCUT2D eigenvalue weighted by atomic mass is 19.3. The SMILES string of the molecule is CC1(N2CCCC(F)(F)C2)COC1.CNc1nc(N)nn2c(O)cc(-c3ccc4nc(C)n(CC(F)F)c4n3)c12. The van der Waals surface area contributed by atoms with Crippen molar-refractivity contribution in [2.24, 2.45) is 0 Å². The van der Waals surface area contributed by atoms with Crippen molar-refractivity contribution in [3.63, 3.8) is 0 Å². The molecule has 2 saturated heterocycles. The largest absolute Gasteiger partial charge is 0.493 e. The number of hydrogen-bond donors (Lipinski definition) is 3. The van der Waals surface area contributed by atoms with Crippen LogP contribution in [0, 0.1) is 6.92 Å². The molecule has 11 nitrogen and oxygen atoms in total. The Morgan fingerprint density at radius 1 is 1.20 bits per heavy atom. The number of nitrogens with two attached hydrogens (primary N) is 1. The molecular weight excluding hydrogens is 534 g/mol. The minimum Gasteiger partial charge on any atom is -0.493 e. The Labute approximate surface area is 227 Å². The maximum atomic E-state index is 13.1. The molecule has 2 aliphatic heterocycles. The van der Waals surface area contributed by atoms with E-state index in [0.717, 1.165) is 6.54 Å². The van der Waals surface area contributed by atoms with Crippen molar-refractivity contribution in [1.29, 1.82) is 0 Å². The number of pyridine rings is 1. The summed E-state index contributed by atoms with van der Waals surface area (Å²) in [5.41, 5.74) is 7.85. The lowest BCUT2D eigenvalue weighted by Crippen LogP contribution is -2.63. The summed E-state index contributed by atoms with van der Waals surface area (Å²) in [6.45, 7) is 5.05. The molecule has 6 heterocycles. The van der Waals surface area contributed by atoms with Gasteiger partial charge in [0.25, 0.3) is 12.3 Å². The van der Waals surface area contributed by atoms with E-state index in [4.69, 9.17) is 10.5 Å². The second kappa shape index (κ2) is 10.4. The van der Waals surface area contributed by atoms with Crippen LogP contribution in [0.2, 0.25) is 0 Å². The van der Waals surface area contributed by atoms with Crippen LogP contribution in [0.5, 0.6) is 5.88 Å². The topological polar surface area (TPSA) is 132 Å². The molecule has 4 N–H and O–H groups in total. The van der Waals surface area contributed by atoms with E-state index < -0.39 is 18.9 Å². The first-order valence-electron chi connectivity index (χ1n) is 12.8. The van der Waals surface area contributed by atoms with Crippen LogP contribution >= 0.6 is 0 Å². The number of nitrogens with one attached hydrogen (secondary N) is 1. The molecule has 216 valence electrons. The quantitative estimate of drug-likeness (QED) is 0.311. The van der Waals surface area contributed by atoms with Crippen molar-refractivity contribution in [3.05, 3.63) is 24.0 Å². The number of nitrogens with zero attached hydrogens (tertiary/aromatic N) is 7. The van der Waals surface area contributed by atoms with E-state index in [1.807, 2.05) is 11.8 Å². The number of hydrogen-bond acceptors (Lipinski definition) is 9. The number of imidazole rings is 1. The molecule has 0 saturated carbocycles. The molecule has 4 aromatic heterocycles. The monoisotopic (exact) mass is 565 g/mol. The maximum Gasteiger partial charge on any atom is 0.260 e. The van der Waals surface area contributed by atoms with E-state index in [1.54, 1.807) is 26.1 Å². The number of aryl methyl sites for hydroxylation is 1. The summed E-state index contributed by atoms with van der Waals surface area (Å²) in [4.78, 5) is 14.8. The smallest absolute Gasteiger partial charge is 0.260 e. The van der Waals surface area contributed by atoms with Crippen LogP contribution < -0.4 is 11.1 Å². The summed E-state index contributed by atoms with van der Waals surface area (Å²) in [7, 11) is 1.66. The first-order valence-corrected chi connectivity index (χ1v) is 12.8. The lowest BCUT2D eigenvalue weighted by Gasteiger charge is -2.50. The Balaban J connectivity index is 0.000000207. The van der Waals surface area contributed by atoms with Gasteiger partial charge in [-0.1, -0.05) is 0 Å². The van der Waals surface area contributed by atoms with E-state index in [0.29, 0.717) is 59.2 Å². The molecule has 2 aliphatic rings. The molecule has 0 spiro atoms. The zero-order chi connectivity index (χ0) is 28.8. The Morgan fingerprint density at radius 3 is 2.58 bits per heavy atom. The van der Waals surface area contributed by atoms with Crippen LogP contribution in [0.4, 0.5) is 29.3 Å². The van der Waals surface area contributed by atoms with Gasteiger partial charge in [-0.2, -0.15) is 9.50 Å². The minimum absolute atomic E-state index is 0.0154. The first-order chi connectivity index (χ1) is 18.9. The van der Waals surface area contributed by atoms with Gasteiger partial charge in [-0.3, -0.25) is 4.90 Å². The molecule has 0 radical (unpaired) electrons. The molecule has 0 aromatic carbocycles. The van der Waals surface area contributed by atoms with Crippen molar-refractivity contribution in [3.8, 4) is 17.1 Å². The summed E-state index contributed by atoms with van der Waals surface area (Å²) in [5.74, 6) is -1.80. The third-order valence-corrected chi connectivity index (χ3v) is 7.21. The summed E-state index contributed by atoms with van der Waals surface area (Å²) in [6.07, 6.45) is -1.89. The van der Waals surface area contributed by atoms with Gasteiger partial charge in [0.05, 0.1) is 37.5 Å². The Hall–Kier alpha value is -3.72. The number of halogens is 4. The van der Waals surface area contributed by atoms with Gasteiger partial charge in [0.1, 0.15) is 16.9 Å². The molecule has 2 fully saturated rings. The zero-order valence-electron chi connectivity index (χ0n) is 22.3. The van der Waals surface area contributed by atoms with Crippen molar-refractivity contribution >= 4 is 28.4 Å². The molecule has 0 bridgehead atoms. The molecule has 4 aromatic rings. The van der Waals surface area contributed by atoms with Crippen molar-refractivity contribution in [1.82, 2.24) is 34.0 Å². The average Bonchev–Trinajstić information content (AvgIpc) is 3.37. The third kappa shape index (κ3) is 5.22. The Morgan fingerprint density at radius 2 is 1.95 bits per heavy atom. The predicted octanol–water partition coefficient (Wildman–Crippen LogP) is 3.55. The van der Waals surface area contributed by atoms with Crippen LogP contribution in [0.3, 0.4) is 0 Å². The number of piperidine rings is 1. The van der Waals surface area contributed by atoms with Gasteiger partial charge in [0.2, 0.25) is 11.8 Å². The van der Waals surface area contributed by atoms with Crippen molar-refractivity contribution < 1.29 is 27.4 Å². The number of aromatic nitrogens is 6. The fourth-order valence-corrected chi connectivity index (χ4v) is 5.11. The predicted molar refractivity (Wildman–Crippen MR) is 141 cm³/mol. The number of alkyl halides is 4. The summed E-state index contributed by atoms with van der Waals surface area (Å²) < 4.78 is 59.7. The van der Waals surface area contributed by atoms with Gasteiger partial charge in [-0.05, 0) is 38.9 Å². The van der Waals surface area contributed by atoms with Gasteiger partial charge in [0, 0.05) is 25.1 Å². The minimum atomic E-state index is -2.53. The van der Waals surface area contributed by atoms with Gasteiger partial charge in [-0.25, -0.2) is 27.5 Å². The highest BCUT2D eigenvalue weighted by Gasteiger charge is 2.46. The molecular formula is C25H31F4N9O2. The lowest BCUT2D eigenvalue weighted by atomic mass is 9.93. The van der Waals surface area contributed by atoms with Crippen molar-refractivity contribution in [2.45, 2.75) is 51.1 Å². The normalized spacial score (nSPS) is 18.5. The van der Waals surface area contributed by atoms with Crippen LogP contribution in [-0.4, -0.2) is 90.4 Å². The second-order valence-corrected chi connectivity index (χ2v) is 10.3. The molecule has 0 unspecified atom stereocenters. The van der Waals surface area contributed by atoms with E-state index in [-0.39, 0.29) is 30.3 Å². The number of aromatic hydroxyl groups is 1. The fourth-order valence-electron chi connectivity index (χ4n) is 5.11. The van der Waals surface area contributed by atoms with Crippen LogP contribution in [0.1, 0.15) is 25.6 Å². The number of nitrogen functional groups attached to an aromatic ring is 1. The van der Waals surface area contributed by atoms with E-state index >= 15 is 0 Å².